The first kappa shape index (κ1) is 17.0. The Hall–Kier alpha value is -2.79. The van der Waals surface area contributed by atoms with E-state index in [-0.39, 0.29) is 0 Å². The van der Waals surface area contributed by atoms with Crippen molar-refractivity contribution < 1.29 is 18.7 Å². The number of carbonyl (C=O) groups excluding carboxylic acids is 1. The van der Waals surface area contributed by atoms with Gasteiger partial charge in [0.15, 0.2) is 6.10 Å². The first-order chi connectivity index (χ1) is 12.0. The lowest BCUT2D eigenvalue weighted by atomic mass is 10.1. The molecule has 5 nitrogen and oxygen atoms in total. The molecular formula is C19H15ClO5. The van der Waals surface area contributed by atoms with Crippen LogP contribution in [0.3, 0.4) is 0 Å². The number of hydrogen-bond donors (Lipinski definition) is 0. The van der Waals surface area contributed by atoms with E-state index in [0.29, 0.717) is 21.9 Å². The summed E-state index contributed by atoms with van der Waals surface area (Å²) in [6, 6.07) is 13.7. The number of benzene rings is 2. The molecule has 0 N–H and O–H groups in total. The monoisotopic (exact) mass is 358 g/mol. The molecule has 25 heavy (non-hydrogen) atoms. The van der Waals surface area contributed by atoms with Crippen LogP contribution in [0.4, 0.5) is 0 Å². The van der Waals surface area contributed by atoms with E-state index >= 15 is 0 Å². The fourth-order valence-corrected chi connectivity index (χ4v) is 2.54. The van der Waals surface area contributed by atoms with Gasteiger partial charge in [0.05, 0.1) is 12.7 Å². The first-order valence-corrected chi connectivity index (χ1v) is 7.94. The normalized spacial score (nSPS) is 12.0. The van der Waals surface area contributed by atoms with Gasteiger partial charge in [0.25, 0.3) is 0 Å². The van der Waals surface area contributed by atoms with Crippen molar-refractivity contribution in [3.05, 3.63) is 64.0 Å². The predicted molar refractivity (Wildman–Crippen MR) is 95.0 cm³/mol. The maximum atomic E-state index is 12.3. The molecule has 1 aromatic heterocycles. The Morgan fingerprint density at radius 1 is 1.12 bits per heavy atom. The number of methoxy groups -OCH3 is 1. The van der Waals surface area contributed by atoms with Gasteiger partial charge >= 0.3 is 11.6 Å². The first-order valence-electron chi connectivity index (χ1n) is 7.56. The molecule has 0 saturated carbocycles. The van der Waals surface area contributed by atoms with Gasteiger partial charge in [-0.15, -0.1) is 0 Å². The summed E-state index contributed by atoms with van der Waals surface area (Å²) < 4.78 is 15.5. The Balaban J connectivity index is 1.97. The second kappa shape index (κ2) is 6.99. The maximum absolute atomic E-state index is 12.3. The van der Waals surface area contributed by atoms with E-state index in [9.17, 15) is 9.59 Å². The van der Waals surface area contributed by atoms with Gasteiger partial charge in [0, 0.05) is 16.5 Å². The van der Waals surface area contributed by atoms with Gasteiger partial charge in [-0.1, -0.05) is 23.7 Å². The minimum Gasteiger partial charge on any atom is -0.479 e. The number of esters is 1. The predicted octanol–water partition coefficient (Wildman–Crippen LogP) is 4.05. The molecular weight excluding hydrogens is 344 g/mol. The highest BCUT2D eigenvalue weighted by molar-refractivity contribution is 6.30. The van der Waals surface area contributed by atoms with Crippen LogP contribution >= 0.6 is 11.6 Å². The minimum atomic E-state index is -0.762. The summed E-state index contributed by atoms with van der Waals surface area (Å²) in [7, 11) is 1.29. The van der Waals surface area contributed by atoms with Gasteiger partial charge in [0.1, 0.15) is 11.3 Å². The van der Waals surface area contributed by atoms with Crippen molar-refractivity contribution in [2.75, 3.05) is 7.11 Å². The summed E-state index contributed by atoms with van der Waals surface area (Å²) >= 11 is 5.88. The Labute approximate surface area is 148 Å². The number of ether oxygens (including phenoxy) is 2. The summed E-state index contributed by atoms with van der Waals surface area (Å²) in [6.45, 7) is 1.58. The van der Waals surface area contributed by atoms with Crippen LogP contribution in [0, 0.1) is 0 Å². The third-order valence-corrected chi connectivity index (χ3v) is 3.96. The molecule has 0 unspecified atom stereocenters. The van der Waals surface area contributed by atoms with Gasteiger partial charge in [-0.3, -0.25) is 0 Å². The van der Waals surface area contributed by atoms with Crippen molar-refractivity contribution in [3.8, 4) is 16.9 Å². The molecule has 128 valence electrons. The second-order valence-corrected chi connectivity index (χ2v) is 5.87. The third kappa shape index (κ3) is 3.67. The summed E-state index contributed by atoms with van der Waals surface area (Å²) in [5.74, 6) is -0.0765. The summed E-state index contributed by atoms with van der Waals surface area (Å²) in [5.41, 5.74) is 1.07. The largest absolute Gasteiger partial charge is 0.479 e. The van der Waals surface area contributed by atoms with Crippen molar-refractivity contribution in [2.24, 2.45) is 0 Å². The quantitative estimate of drug-likeness (QED) is 0.520. The number of hydrogen-bond acceptors (Lipinski definition) is 5. The zero-order valence-corrected chi connectivity index (χ0v) is 14.4. The van der Waals surface area contributed by atoms with E-state index in [2.05, 4.69) is 4.74 Å². The molecule has 6 heteroatoms. The van der Waals surface area contributed by atoms with Crippen molar-refractivity contribution in [2.45, 2.75) is 13.0 Å². The second-order valence-electron chi connectivity index (χ2n) is 5.44. The van der Waals surface area contributed by atoms with E-state index in [0.717, 1.165) is 10.9 Å². The summed E-state index contributed by atoms with van der Waals surface area (Å²) in [4.78, 5) is 23.7. The SMILES string of the molecule is COC(=O)[C@@H](C)Oc1ccc2cc(-c3ccc(Cl)cc3)c(=O)oc2c1. The van der Waals surface area contributed by atoms with Crippen LogP contribution in [0.1, 0.15) is 6.92 Å². The fourth-order valence-electron chi connectivity index (χ4n) is 2.41. The molecule has 0 bridgehead atoms. The fraction of sp³-hybridized carbons (Fsp3) is 0.158. The Morgan fingerprint density at radius 2 is 1.84 bits per heavy atom. The molecule has 1 atom stereocenters. The van der Waals surface area contributed by atoms with Crippen molar-refractivity contribution in [3.63, 3.8) is 0 Å². The van der Waals surface area contributed by atoms with Crippen LogP contribution < -0.4 is 10.4 Å². The number of rotatable bonds is 4. The van der Waals surface area contributed by atoms with Crippen LogP contribution in [-0.4, -0.2) is 19.2 Å². The highest BCUT2D eigenvalue weighted by Gasteiger charge is 2.15. The molecule has 0 amide bonds. The molecule has 0 radical (unpaired) electrons. The van der Waals surface area contributed by atoms with Crippen molar-refractivity contribution in [1.82, 2.24) is 0 Å². The molecule has 2 aromatic carbocycles. The van der Waals surface area contributed by atoms with E-state index in [1.165, 1.54) is 7.11 Å². The molecule has 1 heterocycles. The van der Waals surface area contributed by atoms with Crippen LogP contribution in [0.25, 0.3) is 22.1 Å². The zero-order valence-electron chi connectivity index (χ0n) is 13.6. The third-order valence-electron chi connectivity index (χ3n) is 3.71. The standard InChI is InChI=1S/C19H15ClO5/c1-11(18(21)23-2)24-15-8-5-13-9-16(19(22)25-17(13)10-15)12-3-6-14(20)7-4-12/h3-11H,1-2H3/t11-/m1/s1. The molecule has 0 saturated heterocycles. The highest BCUT2D eigenvalue weighted by atomic mass is 35.5. The van der Waals surface area contributed by atoms with E-state index < -0.39 is 17.7 Å². The molecule has 0 aliphatic rings. The molecule has 0 aliphatic carbocycles. The summed E-state index contributed by atoms with van der Waals surface area (Å²) in [5, 5.41) is 1.33. The van der Waals surface area contributed by atoms with E-state index in [4.69, 9.17) is 20.8 Å². The Bertz CT molecular complexity index is 975. The maximum Gasteiger partial charge on any atom is 0.346 e. The Morgan fingerprint density at radius 3 is 2.52 bits per heavy atom. The highest BCUT2D eigenvalue weighted by Crippen LogP contribution is 2.25. The van der Waals surface area contributed by atoms with Crippen molar-refractivity contribution >= 4 is 28.5 Å². The molecule has 0 spiro atoms. The van der Waals surface area contributed by atoms with Crippen LogP contribution in [0.5, 0.6) is 5.75 Å². The minimum absolute atomic E-state index is 0.372. The number of fused-ring (bicyclic) bond motifs is 1. The number of carbonyl (C=O) groups is 1. The van der Waals surface area contributed by atoms with Gasteiger partial charge in [0.2, 0.25) is 0 Å². The van der Waals surface area contributed by atoms with Gasteiger partial charge in [-0.2, -0.15) is 0 Å². The number of halogens is 1. The van der Waals surface area contributed by atoms with E-state index in [1.807, 2.05) is 0 Å². The summed E-state index contributed by atoms with van der Waals surface area (Å²) in [6.07, 6.45) is -0.762. The molecule has 0 aliphatic heterocycles. The lowest BCUT2D eigenvalue weighted by Crippen LogP contribution is -2.24. The lowest BCUT2D eigenvalue weighted by Gasteiger charge is -2.12. The molecule has 0 fully saturated rings. The van der Waals surface area contributed by atoms with Gasteiger partial charge in [-0.05, 0) is 42.8 Å². The molecule has 3 rings (SSSR count). The van der Waals surface area contributed by atoms with Gasteiger partial charge < -0.3 is 13.9 Å². The average molecular weight is 359 g/mol. The smallest absolute Gasteiger partial charge is 0.346 e. The van der Waals surface area contributed by atoms with Crippen LogP contribution in [0.15, 0.2) is 57.7 Å². The van der Waals surface area contributed by atoms with Crippen LogP contribution in [-0.2, 0) is 9.53 Å². The van der Waals surface area contributed by atoms with Crippen LogP contribution in [0.2, 0.25) is 5.02 Å². The molecule has 3 aromatic rings. The van der Waals surface area contributed by atoms with Gasteiger partial charge in [-0.25, -0.2) is 9.59 Å². The van der Waals surface area contributed by atoms with Crippen molar-refractivity contribution in [1.29, 1.82) is 0 Å². The Kier molecular flexibility index (Phi) is 4.76. The van der Waals surface area contributed by atoms with E-state index in [1.54, 1.807) is 55.5 Å². The zero-order chi connectivity index (χ0) is 18.0. The lowest BCUT2D eigenvalue weighted by molar-refractivity contribution is -0.147. The average Bonchev–Trinajstić information content (AvgIpc) is 2.61. The topological polar surface area (TPSA) is 65.7 Å².